The molecule has 0 saturated carbocycles. The molecular formula is C28H28ClFN4O4. The molecule has 1 aliphatic rings. The predicted molar refractivity (Wildman–Crippen MR) is 144 cm³/mol. The number of amides is 3. The number of carbonyl (C=O) groups is 2. The predicted octanol–water partition coefficient (Wildman–Crippen LogP) is 5.35. The van der Waals surface area contributed by atoms with Crippen LogP contribution in [0.3, 0.4) is 0 Å². The number of nitrogens with one attached hydrogen (secondary N) is 1. The average Bonchev–Trinajstić information content (AvgIpc) is 3.37. The summed E-state index contributed by atoms with van der Waals surface area (Å²) in [5, 5.41) is 9.07. The average molecular weight is 539 g/mol. The summed E-state index contributed by atoms with van der Waals surface area (Å²) in [5.41, 5.74) is 2.00. The van der Waals surface area contributed by atoms with Gasteiger partial charge in [-0.2, -0.15) is 5.10 Å². The molecule has 10 heteroatoms. The van der Waals surface area contributed by atoms with Gasteiger partial charge < -0.3 is 19.7 Å². The summed E-state index contributed by atoms with van der Waals surface area (Å²) in [6.45, 7) is 0.0363. The number of halogens is 2. The molecule has 1 aliphatic heterocycles. The van der Waals surface area contributed by atoms with E-state index in [1.165, 1.54) is 30.2 Å². The first-order valence-electron chi connectivity index (χ1n) is 12.0. The van der Waals surface area contributed by atoms with E-state index in [1.807, 2.05) is 6.07 Å². The van der Waals surface area contributed by atoms with Gasteiger partial charge in [-0.15, -0.1) is 0 Å². The first-order chi connectivity index (χ1) is 18.4. The molecule has 38 heavy (non-hydrogen) atoms. The van der Waals surface area contributed by atoms with Crippen LogP contribution in [0.1, 0.15) is 23.6 Å². The monoisotopic (exact) mass is 538 g/mol. The lowest BCUT2D eigenvalue weighted by molar-refractivity contribution is -0.133. The first-order valence-corrected chi connectivity index (χ1v) is 12.4. The third-order valence-corrected chi connectivity index (χ3v) is 6.47. The topological polar surface area (TPSA) is 83.5 Å². The molecule has 4 rings (SSSR count). The standard InChI is InChI=1S/C28H28ClFN4O4/c1-37-16-15-33(28(36)31-23-13-7-8-14-26(23)38-2)18-27(35)34-25(20-10-4-6-12-22(20)30)17-24(32-34)19-9-3-5-11-21(19)29/h3-14,25H,15-18H2,1-2H3,(H,31,36)/t25-/m1/s1. The van der Waals surface area contributed by atoms with Gasteiger partial charge in [-0.3, -0.25) is 4.79 Å². The Balaban J connectivity index is 1.62. The quantitative estimate of drug-likeness (QED) is 0.398. The van der Waals surface area contributed by atoms with E-state index in [-0.39, 0.29) is 26.1 Å². The van der Waals surface area contributed by atoms with Gasteiger partial charge >= 0.3 is 6.03 Å². The zero-order chi connectivity index (χ0) is 27.1. The molecule has 3 aromatic rings. The normalized spacial score (nSPS) is 14.7. The highest BCUT2D eigenvalue weighted by atomic mass is 35.5. The van der Waals surface area contributed by atoms with Crippen LogP contribution in [0.5, 0.6) is 5.75 Å². The molecule has 0 bridgehead atoms. The van der Waals surface area contributed by atoms with Crippen LogP contribution in [0.25, 0.3) is 0 Å². The van der Waals surface area contributed by atoms with Crippen molar-refractivity contribution in [3.63, 3.8) is 0 Å². The number of ether oxygens (including phenoxy) is 2. The molecule has 1 N–H and O–H groups in total. The maximum absolute atomic E-state index is 14.8. The second-order valence-electron chi connectivity index (χ2n) is 8.55. The van der Waals surface area contributed by atoms with Crippen molar-refractivity contribution in [1.82, 2.24) is 9.91 Å². The number of hydrogen-bond donors (Lipinski definition) is 1. The number of hydrogen-bond acceptors (Lipinski definition) is 5. The number of urea groups is 1. The van der Waals surface area contributed by atoms with Gasteiger partial charge in [-0.05, 0) is 24.3 Å². The first kappa shape index (κ1) is 27.1. The summed E-state index contributed by atoms with van der Waals surface area (Å²) in [7, 11) is 3.01. The molecule has 0 spiro atoms. The zero-order valence-electron chi connectivity index (χ0n) is 21.1. The van der Waals surface area contributed by atoms with Crippen LogP contribution in [-0.4, -0.2) is 61.5 Å². The number of anilines is 1. The SMILES string of the molecule is COCCN(CC(=O)N1N=C(c2ccccc2Cl)C[C@@H]1c1ccccc1F)C(=O)Nc1ccccc1OC. The summed E-state index contributed by atoms with van der Waals surface area (Å²) in [4.78, 5) is 28.1. The number of methoxy groups -OCH3 is 2. The third-order valence-electron chi connectivity index (χ3n) is 6.14. The third kappa shape index (κ3) is 6.12. The minimum absolute atomic E-state index is 0.141. The number of rotatable bonds is 9. The van der Waals surface area contributed by atoms with Crippen LogP contribution in [0.15, 0.2) is 77.9 Å². The maximum atomic E-state index is 14.8. The Morgan fingerprint density at radius 1 is 1.08 bits per heavy atom. The molecule has 0 saturated heterocycles. The summed E-state index contributed by atoms with van der Waals surface area (Å²) < 4.78 is 25.3. The van der Waals surface area contributed by atoms with Crippen molar-refractivity contribution in [2.75, 3.05) is 39.2 Å². The molecular weight excluding hydrogens is 511 g/mol. The lowest BCUT2D eigenvalue weighted by Crippen LogP contribution is -2.44. The van der Waals surface area contributed by atoms with E-state index in [0.29, 0.717) is 33.3 Å². The fourth-order valence-corrected chi connectivity index (χ4v) is 4.46. The number of benzene rings is 3. The van der Waals surface area contributed by atoms with Crippen molar-refractivity contribution in [2.24, 2.45) is 5.10 Å². The van der Waals surface area contributed by atoms with Gasteiger partial charge in [0.2, 0.25) is 0 Å². The molecule has 0 fully saturated rings. The Labute approximate surface area is 225 Å². The molecule has 0 aromatic heterocycles. The summed E-state index contributed by atoms with van der Waals surface area (Å²) >= 11 is 6.40. The molecule has 0 aliphatic carbocycles. The number of nitrogens with zero attached hydrogens (tertiary/aromatic N) is 3. The summed E-state index contributed by atoms with van der Waals surface area (Å²) in [5.74, 6) is -0.449. The van der Waals surface area contributed by atoms with Gasteiger partial charge in [-0.1, -0.05) is 60.1 Å². The van der Waals surface area contributed by atoms with Crippen molar-refractivity contribution < 1.29 is 23.5 Å². The minimum Gasteiger partial charge on any atom is -0.495 e. The molecule has 0 radical (unpaired) electrons. The van der Waals surface area contributed by atoms with E-state index in [9.17, 15) is 14.0 Å². The van der Waals surface area contributed by atoms with Crippen molar-refractivity contribution in [2.45, 2.75) is 12.5 Å². The Bertz CT molecular complexity index is 1340. The Morgan fingerprint density at radius 3 is 2.53 bits per heavy atom. The van der Waals surface area contributed by atoms with Gasteiger partial charge in [0.1, 0.15) is 18.1 Å². The highest BCUT2D eigenvalue weighted by Crippen LogP contribution is 2.35. The van der Waals surface area contributed by atoms with Crippen molar-refractivity contribution in [3.8, 4) is 5.75 Å². The molecule has 3 aromatic carbocycles. The molecule has 1 heterocycles. The van der Waals surface area contributed by atoms with E-state index in [0.717, 1.165) is 0 Å². The Morgan fingerprint density at radius 2 is 1.79 bits per heavy atom. The van der Waals surface area contributed by atoms with E-state index < -0.39 is 23.8 Å². The second-order valence-corrected chi connectivity index (χ2v) is 8.96. The lowest BCUT2D eigenvalue weighted by Gasteiger charge is -2.27. The fourth-order valence-electron chi connectivity index (χ4n) is 4.22. The summed E-state index contributed by atoms with van der Waals surface area (Å²) in [6.07, 6.45) is 0.266. The fraction of sp³-hybridized carbons (Fsp3) is 0.250. The smallest absolute Gasteiger partial charge is 0.322 e. The van der Waals surface area contributed by atoms with E-state index >= 15 is 0 Å². The van der Waals surface area contributed by atoms with Crippen LogP contribution in [-0.2, 0) is 9.53 Å². The molecule has 8 nitrogen and oxygen atoms in total. The van der Waals surface area contributed by atoms with Gasteiger partial charge in [0.15, 0.2) is 0 Å². The highest BCUT2D eigenvalue weighted by Gasteiger charge is 2.36. The van der Waals surface area contributed by atoms with Crippen LogP contribution in [0.4, 0.5) is 14.9 Å². The van der Waals surface area contributed by atoms with Crippen LogP contribution < -0.4 is 10.1 Å². The van der Waals surface area contributed by atoms with E-state index in [1.54, 1.807) is 60.7 Å². The van der Waals surface area contributed by atoms with Crippen LogP contribution >= 0.6 is 11.6 Å². The molecule has 198 valence electrons. The largest absolute Gasteiger partial charge is 0.495 e. The zero-order valence-corrected chi connectivity index (χ0v) is 21.8. The Hall–Kier alpha value is -3.95. The van der Waals surface area contributed by atoms with Gasteiger partial charge in [-0.25, -0.2) is 14.2 Å². The van der Waals surface area contributed by atoms with Crippen LogP contribution in [0, 0.1) is 5.82 Å². The second kappa shape index (κ2) is 12.5. The minimum atomic E-state index is -0.698. The van der Waals surface area contributed by atoms with Crippen molar-refractivity contribution >= 4 is 34.9 Å². The van der Waals surface area contributed by atoms with Crippen LogP contribution in [0.2, 0.25) is 5.02 Å². The molecule has 0 unspecified atom stereocenters. The molecule has 3 amide bonds. The highest BCUT2D eigenvalue weighted by molar-refractivity contribution is 6.34. The van der Waals surface area contributed by atoms with Gasteiger partial charge in [0.25, 0.3) is 5.91 Å². The number of para-hydroxylation sites is 2. The van der Waals surface area contributed by atoms with Crippen molar-refractivity contribution in [1.29, 1.82) is 0 Å². The summed E-state index contributed by atoms with van der Waals surface area (Å²) in [6, 6.07) is 19.2. The number of carbonyl (C=O) groups excluding carboxylic acids is 2. The number of hydrazone groups is 1. The van der Waals surface area contributed by atoms with Crippen molar-refractivity contribution in [3.05, 3.63) is 94.8 Å². The maximum Gasteiger partial charge on any atom is 0.322 e. The lowest BCUT2D eigenvalue weighted by atomic mass is 9.98. The molecule has 1 atom stereocenters. The van der Waals surface area contributed by atoms with E-state index in [2.05, 4.69) is 10.4 Å². The Kier molecular flexibility index (Phi) is 8.93. The van der Waals surface area contributed by atoms with E-state index in [4.69, 9.17) is 21.1 Å². The van der Waals surface area contributed by atoms with Gasteiger partial charge in [0.05, 0.1) is 31.2 Å². The van der Waals surface area contributed by atoms with Gasteiger partial charge in [0, 0.05) is 36.2 Å².